The van der Waals surface area contributed by atoms with Crippen molar-refractivity contribution in [1.29, 1.82) is 0 Å². The minimum atomic E-state index is -3.73. The molecule has 0 aliphatic heterocycles. The van der Waals surface area contributed by atoms with E-state index in [1.54, 1.807) is 0 Å². The normalized spacial score (nSPS) is 11.6. The Labute approximate surface area is 747 Å². The van der Waals surface area contributed by atoms with Crippen LogP contribution >= 0.6 is 62.3 Å². The standard InChI is InChI=1S/C28H32Cl2N2O3S.C18H20O2.C18H18O2.C14H12O2.C10H14Cl2N2O2S.C6H15N.C4H7Br/c1-20(2)17-25(23-12-8-11-22(18-23)21-9-4-3-5-10-21)28(33)31-15-6-7-16-32-36(34,35)27-14-13-24(29)19-26(27)30;2*1-13(2)11-17(18(19)20)16-10-6-9-15(12-16)14-7-4-3-5-8-14;15-14(16)10-11-5-4-8-13(9-11)12-6-2-1-3-7-12;11-8-3-4-10(9(12)7-8)17(15,16)14-6-2-1-5-13;1-5(2)7-6(3)4;1-4(2)3-5/h3-5,8-14,18-20,25,32H,6-7,15-17H2,1-2H3,(H,31,33);3-10,12-13,17H,11H2,1-2H3,(H,19,20);3-10,12,17H,1,11H2,2H3,(H,19,20);1-9H,10H2,(H,15,16);3-4,7,14H,1-2,5-6,13H2;5-7H,1-4H3;1,3H2,2H3. The topological polar surface area (TPSA) is 271 Å². The van der Waals surface area contributed by atoms with Gasteiger partial charge in [0.2, 0.25) is 26.0 Å². The van der Waals surface area contributed by atoms with Gasteiger partial charge in [0.15, 0.2) is 0 Å². The lowest BCUT2D eigenvalue weighted by molar-refractivity contribution is -0.140. The number of carboxylic acid groups (broad SMARTS) is 3. The molecule has 3 unspecified atom stereocenters. The van der Waals surface area contributed by atoms with Crippen LogP contribution in [0.1, 0.15) is 154 Å². The van der Waals surface area contributed by atoms with E-state index < -0.39 is 49.8 Å². The van der Waals surface area contributed by atoms with Gasteiger partial charge in [-0.25, -0.2) is 26.3 Å². The van der Waals surface area contributed by atoms with Gasteiger partial charge in [0.25, 0.3) is 0 Å². The van der Waals surface area contributed by atoms with Crippen LogP contribution in [0.5, 0.6) is 0 Å². The van der Waals surface area contributed by atoms with Crippen LogP contribution in [0.4, 0.5) is 0 Å². The molecule has 3 atom stereocenters. The van der Waals surface area contributed by atoms with Crippen molar-refractivity contribution >= 4 is 106 Å². The summed E-state index contributed by atoms with van der Waals surface area (Å²) in [4.78, 5) is 46.7. The number of allylic oxidation sites excluding steroid dienone is 2. The first-order valence-corrected chi connectivity index (χ1v) is 45.8. The van der Waals surface area contributed by atoms with E-state index in [4.69, 9.17) is 57.2 Å². The van der Waals surface area contributed by atoms with Crippen LogP contribution in [0.2, 0.25) is 20.1 Å². The van der Waals surface area contributed by atoms with Crippen molar-refractivity contribution in [3.8, 4) is 44.5 Å². The van der Waals surface area contributed by atoms with Gasteiger partial charge < -0.3 is 31.7 Å². The minimum absolute atomic E-state index is 0.00358. The molecule has 0 aromatic heterocycles. The molecule has 10 aromatic rings. The second-order valence-corrected chi connectivity index (χ2v) is 36.1. The van der Waals surface area contributed by atoms with E-state index in [1.165, 1.54) is 42.0 Å². The molecule has 0 heterocycles. The number of nitrogens with two attached hydrogens (primary N) is 1. The van der Waals surface area contributed by atoms with Crippen LogP contribution in [0.3, 0.4) is 0 Å². The van der Waals surface area contributed by atoms with Gasteiger partial charge in [0.1, 0.15) is 9.79 Å². The Bertz CT molecular complexity index is 5060. The number of alkyl halides is 1. The molecular formula is C98H118BrCl4N5O11S2. The van der Waals surface area contributed by atoms with E-state index in [-0.39, 0.29) is 44.6 Å². The fourth-order valence-electron chi connectivity index (χ4n) is 12.3. The molecule has 0 bridgehead atoms. The average molecular weight is 1830 g/mol. The minimum Gasteiger partial charge on any atom is -0.481 e. The zero-order valence-corrected chi connectivity index (χ0v) is 77.0. The zero-order chi connectivity index (χ0) is 89.6. The molecule has 16 nitrogen and oxygen atoms in total. The largest absolute Gasteiger partial charge is 0.481 e. The molecule has 121 heavy (non-hydrogen) atoms. The number of unbranched alkanes of at least 4 members (excludes halogenated alkanes) is 2. The number of nitrogens with one attached hydrogen (secondary N) is 4. The Balaban J connectivity index is 0.000000316. The van der Waals surface area contributed by atoms with Gasteiger partial charge in [0.05, 0.1) is 34.2 Å². The number of rotatable bonds is 34. The smallest absolute Gasteiger partial charge is 0.311 e. The molecule has 0 spiro atoms. The van der Waals surface area contributed by atoms with Crippen molar-refractivity contribution in [3.63, 3.8) is 0 Å². The Morgan fingerprint density at radius 3 is 1.07 bits per heavy atom. The molecule has 23 heteroatoms. The highest BCUT2D eigenvalue weighted by atomic mass is 79.9. The number of carbonyl (C=O) groups excluding carboxylic acids is 1. The Kier molecular flexibility index (Phi) is 48.1. The predicted molar refractivity (Wildman–Crippen MR) is 507 cm³/mol. The quantitative estimate of drug-likeness (QED) is 0.0106. The van der Waals surface area contributed by atoms with E-state index >= 15 is 0 Å². The van der Waals surface area contributed by atoms with Crippen LogP contribution < -0.4 is 25.8 Å². The SMILES string of the molecule is C=C(C)CBr.C=C(C)CC(C(=O)O)c1cccc(-c2ccccc2)c1.CC(C)CC(C(=O)NCCCCNS(=O)(=O)c1ccc(Cl)cc1Cl)c1cccc(-c2ccccc2)c1.CC(C)CC(C(=O)O)c1cccc(-c2ccccc2)c1.CC(C)NC(C)C.NCCCCNS(=O)(=O)c1ccc(Cl)cc1Cl.O=C(O)Cc1cccc(-c2ccccc2)c1. The number of hydrogen-bond donors (Lipinski definition) is 8. The Morgan fingerprint density at radius 1 is 0.413 bits per heavy atom. The van der Waals surface area contributed by atoms with E-state index in [0.717, 1.165) is 90.5 Å². The van der Waals surface area contributed by atoms with Gasteiger partial charge in [-0.05, 0) is 180 Å². The summed E-state index contributed by atoms with van der Waals surface area (Å²) in [6.07, 6.45) is 4.62. The lowest BCUT2D eigenvalue weighted by Crippen LogP contribution is -2.31. The molecule has 1 amide bonds. The highest BCUT2D eigenvalue weighted by Crippen LogP contribution is 2.33. The first kappa shape index (κ1) is 104. The summed E-state index contributed by atoms with van der Waals surface area (Å²) in [5.41, 5.74) is 19.6. The summed E-state index contributed by atoms with van der Waals surface area (Å²) in [5, 5.41) is 35.8. The van der Waals surface area contributed by atoms with Crippen molar-refractivity contribution in [1.82, 2.24) is 20.1 Å². The summed E-state index contributed by atoms with van der Waals surface area (Å²) in [6, 6.07) is 81.2. The van der Waals surface area contributed by atoms with Crippen LogP contribution in [0.25, 0.3) is 44.5 Å². The first-order valence-electron chi connectivity index (χ1n) is 40.2. The molecule has 10 rings (SSSR count). The second kappa shape index (κ2) is 55.9. The first-order chi connectivity index (χ1) is 57.4. The number of aliphatic carboxylic acids is 3. The van der Waals surface area contributed by atoms with Crippen LogP contribution in [-0.2, 0) is 45.6 Å². The van der Waals surface area contributed by atoms with Crippen molar-refractivity contribution in [2.75, 3.05) is 31.5 Å². The van der Waals surface area contributed by atoms with Gasteiger partial charge in [-0.3, -0.25) is 19.2 Å². The van der Waals surface area contributed by atoms with Crippen molar-refractivity contribution in [2.45, 2.75) is 160 Å². The number of hydrogen-bond acceptors (Lipinski definition) is 10. The zero-order valence-electron chi connectivity index (χ0n) is 70.8. The number of carbonyl (C=O) groups is 4. The van der Waals surface area contributed by atoms with Gasteiger partial charge in [-0.15, -0.1) is 6.58 Å². The molecule has 0 saturated heterocycles. The summed E-state index contributed by atoms with van der Waals surface area (Å²) < 4.78 is 53.7. The molecule has 9 N–H and O–H groups in total. The summed E-state index contributed by atoms with van der Waals surface area (Å²) in [5.74, 6) is -2.87. The van der Waals surface area contributed by atoms with Gasteiger partial charge in [0, 0.05) is 47.1 Å². The maximum Gasteiger partial charge on any atom is 0.311 e. The number of benzene rings is 10. The molecule has 648 valence electrons. The maximum absolute atomic E-state index is 13.1. The third-order valence-corrected chi connectivity index (χ3v) is 23.2. The Hall–Kier alpha value is -9.06. The van der Waals surface area contributed by atoms with E-state index in [9.17, 15) is 46.2 Å². The molecule has 10 aromatic carbocycles. The third-order valence-electron chi connectivity index (χ3n) is 17.8. The predicted octanol–water partition coefficient (Wildman–Crippen LogP) is 24.1. The molecular weight excluding hydrogens is 1710 g/mol. The van der Waals surface area contributed by atoms with Gasteiger partial charge in [-0.2, -0.15) is 0 Å². The Morgan fingerprint density at radius 2 is 0.744 bits per heavy atom. The lowest BCUT2D eigenvalue weighted by atomic mass is 9.88. The maximum atomic E-state index is 13.1. The van der Waals surface area contributed by atoms with Gasteiger partial charge in [-0.1, -0.05) is 354 Å². The summed E-state index contributed by atoms with van der Waals surface area (Å²) in [7, 11) is -7.30. The number of sulfonamides is 2. The van der Waals surface area contributed by atoms with E-state index in [1.807, 2.05) is 208 Å². The molecule has 0 saturated carbocycles. The van der Waals surface area contributed by atoms with Crippen LogP contribution in [0.15, 0.2) is 289 Å². The van der Waals surface area contributed by atoms with E-state index in [2.05, 4.69) is 129 Å². The van der Waals surface area contributed by atoms with Crippen LogP contribution in [-0.4, -0.2) is 99.6 Å². The highest BCUT2D eigenvalue weighted by Gasteiger charge is 2.25. The molecule has 0 aliphatic rings. The number of amides is 1. The average Bonchev–Trinajstić information content (AvgIpc) is 0.837. The third kappa shape index (κ3) is 40.7. The van der Waals surface area contributed by atoms with Crippen molar-refractivity contribution in [3.05, 3.63) is 321 Å². The molecule has 0 fully saturated rings. The van der Waals surface area contributed by atoms with Gasteiger partial charge >= 0.3 is 17.9 Å². The number of halogens is 5. The van der Waals surface area contributed by atoms with Crippen molar-refractivity contribution < 1.29 is 51.3 Å². The monoisotopic (exact) mass is 1820 g/mol. The highest BCUT2D eigenvalue weighted by molar-refractivity contribution is 9.09. The second-order valence-electron chi connectivity index (χ2n) is 30.4. The molecule has 0 aliphatic carbocycles. The fraction of sp³-hybridized carbons (Fsp3) is 0.306. The van der Waals surface area contributed by atoms with Crippen molar-refractivity contribution in [2.24, 2.45) is 17.6 Å². The van der Waals surface area contributed by atoms with Crippen LogP contribution in [0, 0.1) is 11.8 Å². The summed E-state index contributed by atoms with van der Waals surface area (Å²) in [6.45, 7) is 29.8. The number of carboxylic acids is 3. The van der Waals surface area contributed by atoms with E-state index in [0.29, 0.717) is 85.7 Å². The summed E-state index contributed by atoms with van der Waals surface area (Å²) >= 11 is 26.6. The lowest BCUT2D eigenvalue weighted by Gasteiger charge is -2.20. The fourth-order valence-corrected chi connectivity index (χ4v) is 15.9. The molecule has 0 radical (unpaired) electrons.